The van der Waals surface area contributed by atoms with E-state index in [-0.39, 0.29) is 22.5 Å². The second kappa shape index (κ2) is 4.94. The average molecular weight is 250 g/mol. The minimum atomic E-state index is -0.348. The molecule has 1 aliphatic carbocycles. The van der Waals surface area contributed by atoms with Crippen LogP contribution in [0.5, 0.6) is 0 Å². The van der Waals surface area contributed by atoms with Gasteiger partial charge in [0.25, 0.3) is 5.91 Å². The zero-order valence-corrected chi connectivity index (χ0v) is 10.7. The molecule has 0 radical (unpaired) electrons. The summed E-state index contributed by atoms with van der Waals surface area (Å²) in [6.07, 6.45) is 4.48. The highest BCUT2D eigenvalue weighted by molar-refractivity contribution is 5.93. The fourth-order valence-electron chi connectivity index (χ4n) is 2.11. The first kappa shape index (κ1) is 12.8. The van der Waals surface area contributed by atoms with Crippen molar-refractivity contribution in [2.75, 3.05) is 13.7 Å². The van der Waals surface area contributed by atoms with Crippen molar-refractivity contribution in [2.45, 2.75) is 31.8 Å². The first-order valence-corrected chi connectivity index (χ1v) is 6.09. The molecule has 0 bridgehead atoms. The molecule has 1 fully saturated rings. The second-order valence-corrected chi connectivity index (χ2v) is 4.82. The predicted molar refractivity (Wildman–Crippen MR) is 67.7 cm³/mol. The van der Waals surface area contributed by atoms with E-state index in [1.807, 2.05) is 0 Å². The highest BCUT2D eigenvalue weighted by Gasteiger charge is 2.37. The Hall–Kier alpha value is -1.62. The number of carbonyl (C=O) groups is 1. The summed E-state index contributed by atoms with van der Waals surface area (Å²) in [5, 5.41) is 2.77. The summed E-state index contributed by atoms with van der Waals surface area (Å²) >= 11 is 0. The van der Waals surface area contributed by atoms with Gasteiger partial charge < -0.3 is 15.0 Å². The highest BCUT2D eigenvalue weighted by Crippen LogP contribution is 2.34. The van der Waals surface area contributed by atoms with Crippen molar-refractivity contribution >= 4 is 5.91 Å². The molecular formula is C13H18N2O3. The van der Waals surface area contributed by atoms with E-state index in [1.54, 1.807) is 14.0 Å². The first-order chi connectivity index (χ1) is 8.56. The van der Waals surface area contributed by atoms with Crippen LogP contribution in [0.15, 0.2) is 17.1 Å². The zero-order chi connectivity index (χ0) is 13.2. The summed E-state index contributed by atoms with van der Waals surface area (Å²) in [5.74, 6) is -0.348. The Labute approximate surface area is 106 Å². The molecule has 0 aromatic carbocycles. The van der Waals surface area contributed by atoms with Gasteiger partial charge in [0.1, 0.15) is 5.56 Å². The molecule has 0 atom stereocenters. The van der Waals surface area contributed by atoms with Gasteiger partial charge in [0.15, 0.2) is 5.43 Å². The van der Waals surface area contributed by atoms with Crippen LogP contribution in [0.1, 0.15) is 35.3 Å². The summed E-state index contributed by atoms with van der Waals surface area (Å²) in [5.41, 5.74) is 0.395. The minimum absolute atomic E-state index is 0.145. The van der Waals surface area contributed by atoms with Gasteiger partial charge in [-0.25, -0.2) is 0 Å². The lowest BCUT2D eigenvalue weighted by atomic mass is 9.80. The number of aryl methyl sites for hydroxylation is 1. The maximum absolute atomic E-state index is 11.9. The smallest absolute Gasteiger partial charge is 0.256 e. The molecule has 0 aliphatic heterocycles. The Morgan fingerprint density at radius 1 is 1.56 bits per heavy atom. The Kier molecular flexibility index (Phi) is 3.52. The molecule has 2 N–H and O–H groups in total. The number of aromatic amines is 1. The molecule has 18 heavy (non-hydrogen) atoms. The predicted octanol–water partition coefficient (Wildman–Crippen LogP) is 0.982. The van der Waals surface area contributed by atoms with Crippen molar-refractivity contribution in [2.24, 2.45) is 0 Å². The molecule has 1 aromatic heterocycles. The number of amides is 1. The molecule has 0 saturated heterocycles. The van der Waals surface area contributed by atoms with Gasteiger partial charge in [0, 0.05) is 31.6 Å². The van der Waals surface area contributed by atoms with Crippen LogP contribution in [-0.4, -0.2) is 30.1 Å². The summed E-state index contributed by atoms with van der Waals surface area (Å²) < 4.78 is 5.41. The number of hydrogen-bond donors (Lipinski definition) is 2. The van der Waals surface area contributed by atoms with E-state index in [4.69, 9.17) is 4.74 Å². The fraction of sp³-hybridized carbons (Fsp3) is 0.538. The number of carbonyl (C=O) groups excluding carboxylic acids is 1. The third kappa shape index (κ3) is 2.46. The van der Waals surface area contributed by atoms with Crippen molar-refractivity contribution in [3.05, 3.63) is 33.7 Å². The van der Waals surface area contributed by atoms with Crippen molar-refractivity contribution in [1.29, 1.82) is 0 Å². The van der Waals surface area contributed by atoms with Gasteiger partial charge in [-0.2, -0.15) is 0 Å². The molecule has 5 nitrogen and oxygen atoms in total. The monoisotopic (exact) mass is 250 g/mol. The molecule has 98 valence electrons. The standard InChI is InChI=1S/C13H18N2O3/c1-9-6-11(16)10(7-14-9)12(17)15-8-13(18-2)4-3-5-13/h6-7H,3-5,8H2,1-2H3,(H,14,16)(H,15,17). The second-order valence-electron chi connectivity index (χ2n) is 4.82. The van der Waals surface area contributed by atoms with Crippen molar-refractivity contribution in [3.8, 4) is 0 Å². The summed E-state index contributed by atoms with van der Waals surface area (Å²) in [7, 11) is 1.66. The molecule has 1 amide bonds. The highest BCUT2D eigenvalue weighted by atomic mass is 16.5. The van der Waals surface area contributed by atoms with E-state index < -0.39 is 0 Å². The number of ether oxygens (including phenoxy) is 1. The molecule has 1 heterocycles. The van der Waals surface area contributed by atoms with E-state index in [1.165, 1.54) is 12.3 Å². The Balaban J connectivity index is 2.02. The van der Waals surface area contributed by atoms with Gasteiger partial charge >= 0.3 is 0 Å². The largest absolute Gasteiger partial charge is 0.376 e. The number of pyridine rings is 1. The van der Waals surface area contributed by atoms with Crippen LogP contribution in [0.3, 0.4) is 0 Å². The molecule has 1 aliphatic rings. The van der Waals surface area contributed by atoms with Gasteiger partial charge in [0.05, 0.1) is 5.60 Å². The third-order valence-electron chi connectivity index (χ3n) is 3.57. The maximum atomic E-state index is 11.9. The lowest BCUT2D eigenvalue weighted by Crippen LogP contribution is -2.49. The normalized spacial score (nSPS) is 17.0. The van der Waals surface area contributed by atoms with Crippen molar-refractivity contribution in [1.82, 2.24) is 10.3 Å². The molecule has 0 unspecified atom stereocenters. The van der Waals surface area contributed by atoms with Crippen LogP contribution >= 0.6 is 0 Å². The number of hydrogen-bond acceptors (Lipinski definition) is 3. The van der Waals surface area contributed by atoms with E-state index in [0.29, 0.717) is 6.54 Å². The van der Waals surface area contributed by atoms with Gasteiger partial charge in [-0.15, -0.1) is 0 Å². The van der Waals surface area contributed by atoms with Crippen LogP contribution in [0.25, 0.3) is 0 Å². The van der Waals surface area contributed by atoms with Crippen LogP contribution < -0.4 is 10.7 Å². The molecule has 5 heteroatoms. The first-order valence-electron chi connectivity index (χ1n) is 6.09. The summed E-state index contributed by atoms with van der Waals surface area (Å²) in [6, 6.07) is 1.42. The fourth-order valence-corrected chi connectivity index (χ4v) is 2.11. The molecular weight excluding hydrogens is 232 g/mol. The van der Waals surface area contributed by atoms with Crippen LogP contribution in [0.4, 0.5) is 0 Å². The topological polar surface area (TPSA) is 71.2 Å². The Bertz CT molecular complexity index is 498. The van der Waals surface area contributed by atoms with Gasteiger partial charge in [-0.05, 0) is 26.2 Å². The van der Waals surface area contributed by atoms with E-state index in [9.17, 15) is 9.59 Å². The molecule has 1 saturated carbocycles. The van der Waals surface area contributed by atoms with Crippen LogP contribution in [0, 0.1) is 6.92 Å². The minimum Gasteiger partial charge on any atom is -0.376 e. The molecule has 0 spiro atoms. The van der Waals surface area contributed by atoms with Gasteiger partial charge in [-0.1, -0.05) is 0 Å². The number of rotatable bonds is 4. The van der Waals surface area contributed by atoms with E-state index in [0.717, 1.165) is 25.0 Å². The van der Waals surface area contributed by atoms with Crippen LogP contribution in [0.2, 0.25) is 0 Å². The van der Waals surface area contributed by atoms with Crippen LogP contribution in [-0.2, 0) is 4.74 Å². The average Bonchev–Trinajstić information content (AvgIpc) is 2.27. The number of methoxy groups -OCH3 is 1. The van der Waals surface area contributed by atoms with Gasteiger partial charge in [-0.3, -0.25) is 9.59 Å². The molecule has 2 rings (SSSR count). The quantitative estimate of drug-likeness (QED) is 0.837. The molecule has 1 aromatic rings. The Morgan fingerprint density at radius 2 is 2.28 bits per heavy atom. The Morgan fingerprint density at radius 3 is 2.78 bits per heavy atom. The van der Waals surface area contributed by atoms with Crippen molar-refractivity contribution < 1.29 is 9.53 Å². The third-order valence-corrected chi connectivity index (χ3v) is 3.57. The number of aromatic nitrogens is 1. The van der Waals surface area contributed by atoms with Gasteiger partial charge in [0.2, 0.25) is 0 Å². The lowest BCUT2D eigenvalue weighted by molar-refractivity contribution is -0.0679. The lowest BCUT2D eigenvalue weighted by Gasteiger charge is -2.40. The van der Waals surface area contributed by atoms with Crippen molar-refractivity contribution in [3.63, 3.8) is 0 Å². The summed E-state index contributed by atoms with van der Waals surface area (Å²) in [4.78, 5) is 26.4. The van der Waals surface area contributed by atoms with E-state index in [2.05, 4.69) is 10.3 Å². The maximum Gasteiger partial charge on any atom is 0.256 e. The summed E-state index contributed by atoms with van der Waals surface area (Å²) in [6.45, 7) is 2.23. The zero-order valence-electron chi connectivity index (χ0n) is 10.7. The number of H-pyrrole nitrogens is 1. The SMILES string of the molecule is COC1(CNC(=O)c2c[nH]c(C)cc2=O)CCC1. The van der Waals surface area contributed by atoms with E-state index >= 15 is 0 Å². The number of nitrogens with one attached hydrogen (secondary N) is 2.